The zero-order chi connectivity index (χ0) is 10.2. The van der Waals surface area contributed by atoms with Crippen LogP contribution in [0.2, 0.25) is 0 Å². The molecule has 0 spiro atoms. The van der Waals surface area contributed by atoms with Gasteiger partial charge >= 0.3 is 0 Å². The Morgan fingerprint density at radius 2 is 1.71 bits per heavy atom. The van der Waals surface area contributed by atoms with E-state index >= 15 is 0 Å². The van der Waals surface area contributed by atoms with Gasteiger partial charge in [-0.2, -0.15) is 0 Å². The van der Waals surface area contributed by atoms with Gasteiger partial charge in [0.1, 0.15) is 5.75 Å². The van der Waals surface area contributed by atoms with Gasteiger partial charge in [0.15, 0.2) is 0 Å². The summed E-state index contributed by atoms with van der Waals surface area (Å²) in [4.78, 5) is 0. The van der Waals surface area contributed by atoms with Gasteiger partial charge in [-0.25, -0.2) is 8.78 Å². The molecule has 1 aliphatic carbocycles. The summed E-state index contributed by atoms with van der Waals surface area (Å²) < 4.78 is 25.7. The molecule has 0 aliphatic heterocycles. The highest BCUT2D eigenvalue weighted by Crippen LogP contribution is 2.48. The summed E-state index contributed by atoms with van der Waals surface area (Å²) in [7, 11) is 0. The zero-order valence-corrected chi connectivity index (χ0v) is 7.71. The molecule has 0 saturated heterocycles. The fourth-order valence-electron chi connectivity index (χ4n) is 1.98. The second kappa shape index (κ2) is 3.23. The van der Waals surface area contributed by atoms with E-state index in [1.54, 1.807) is 12.1 Å². The predicted octanol–water partition coefficient (Wildman–Crippen LogP) is 3.08. The molecule has 1 N–H and O–H groups in total. The lowest BCUT2D eigenvalue weighted by atomic mass is 9.65. The smallest absolute Gasteiger partial charge is 0.248 e. The molecule has 1 aromatic carbocycles. The van der Waals surface area contributed by atoms with Crippen molar-refractivity contribution in [2.24, 2.45) is 0 Å². The van der Waals surface area contributed by atoms with Crippen LogP contribution in [-0.4, -0.2) is 11.5 Å². The number of hydrogen-bond acceptors (Lipinski definition) is 1. The van der Waals surface area contributed by atoms with Crippen LogP contribution in [0.15, 0.2) is 24.3 Å². The first kappa shape index (κ1) is 9.44. The molecular weight excluding hydrogens is 186 g/mol. The van der Waals surface area contributed by atoms with Crippen molar-refractivity contribution in [1.82, 2.24) is 0 Å². The average molecular weight is 198 g/mol. The van der Waals surface area contributed by atoms with E-state index in [2.05, 4.69) is 0 Å². The largest absolute Gasteiger partial charge is 0.508 e. The number of halogens is 2. The molecule has 1 nitrogen and oxygen atoms in total. The van der Waals surface area contributed by atoms with Gasteiger partial charge in [0, 0.05) is 0 Å². The maximum atomic E-state index is 12.9. The van der Waals surface area contributed by atoms with Gasteiger partial charge in [-0.3, -0.25) is 0 Å². The van der Waals surface area contributed by atoms with E-state index in [0.717, 1.165) is 6.42 Å². The third-order valence-corrected chi connectivity index (χ3v) is 3.11. The van der Waals surface area contributed by atoms with Crippen LogP contribution in [0.25, 0.3) is 0 Å². The second-order valence-electron chi connectivity index (χ2n) is 3.86. The fourth-order valence-corrected chi connectivity index (χ4v) is 1.98. The SMILES string of the molecule is Oc1ccc(C2(C(F)F)CCC2)cc1. The van der Waals surface area contributed by atoms with Gasteiger partial charge in [-0.1, -0.05) is 18.6 Å². The minimum Gasteiger partial charge on any atom is -0.508 e. The molecule has 76 valence electrons. The highest BCUT2D eigenvalue weighted by Gasteiger charge is 2.46. The van der Waals surface area contributed by atoms with E-state index in [-0.39, 0.29) is 5.75 Å². The Bertz CT molecular complexity index is 315. The Kier molecular flexibility index (Phi) is 2.17. The standard InChI is InChI=1S/C11H12F2O/c12-10(13)11(6-1-7-11)8-2-4-9(14)5-3-8/h2-5,10,14H,1,6-7H2. The first-order chi connectivity index (χ1) is 6.65. The Hall–Kier alpha value is -1.12. The summed E-state index contributed by atoms with van der Waals surface area (Å²) >= 11 is 0. The average Bonchev–Trinajstić information content (AvgIpc) is 2.05. The molecule has 1 aliphatic rings. The molecule has 0 radical (unpaired) electrons. The predicted molar refractivity (Wildman–Crippen MR) is 49.6 cm³/mol. The number of phenols is 1. The van der Waals surface area contributed by atoms with Crippen molar-refractivity contribution in [3.8, 4) is 5.75 Å². The van der Waals surface area contributed by atoms with Crippen LogP contribution in [0, 0.1) is 0 Å². The maximum absolute atomic E-state index is 12.9. The lowest BCUT2D eigenvalue weighted by Gasteiger charge is -2.41. The van der Waals surface area contributed by atoms with E-state index in [9.17, 15) is 8.78 Å². The van der Waals surface area contributed by atoms with Crippen molar-refractivity contribution < 1.29 is 13.9 Å². The van der Waals surface area contributed by atoms with Crippen LogP contribution in [-0.2, 0) is 5.41 Å². The van der Waals surface area contributed by atoms with Crippen LogP contribution in [0.3, 0.4) is 0 Å². The summed E-state index contributed by atoms with van der Waals surface area (Å²) in [5.41, 5.74) is -0.287. The minimum absolute atomic E-state index is 0.123. The van der Waals surface area contributed by atoms with E-state index in [4.69, 9.17) is 5.11 Å². The molecule has 2 rings (SSSR count). The Balaban J connectivity index is 2.32. The first-order valence-corrected chi connectivity index (χ1v) is 4.73. The number of hydrogen-bond donors (Lipinski definition) is 1. The van der Waals surface area contributed by atoms with Crippen LogP contribution in [0.5, 0.6) is 5.75 Å². The maximum Gasteiger partial charge on any atom is 0.248 e. The molecule has 0 unspecified atom stereocenters. The van der Waals surface area contributed by atoms with E-state index in [1.165, 1.54) is 12.1 Å². The van der Waals surface area contributed by atoms with Gasteiger partial charge in [0.25, 0.3) is 0 Å². The number of benzene rings is 1. The Morgan fingerprint density at radius 3 is 2.07 bits per heavy atom. The van der Waals surface area contributed by atoms with Gasteiger partial charge in [-0.15, -0.1) is 0 Å². The molecule has 14 heavy (non-hydrogen) atoms. The zero-order valence-electron chi connectivity index (χ0n) is 7.71. The van der Waals surface area contributed by atoms with Gasteiger partial charge in [0.2, 0.25) is 6.43 Å². The van der Waals surface area contributed by atoms with Crippen LogP contribution in [0.1, 0.15) is 24.8 Å². The van der Waals surface area contributed by atoms with Crippen molar-refractivity contribution in [3.63, 3.8) is 0 Å². The minimum atomic E-state index is -2.30. The van der Waals surface area contributed by atoms with Crippen LogP contribution < -0.4 is 0 Å². The third-order valence-electron chi connectivity index (χ3n) is 3.11. The molecule has 0 atom stereocenters. The number of rotatable bonds is 2. The molecular formula is C11H12F2O. The topological polar surface area (TPSA) is 20.2 Å². The first-order valence-electron chi connectivity index (χ1n) is 4.73. The number of alkyl halides is 2. The highest BCUT2D eigenvalue weighted by molar-refractivity contribution is 5.33. The monoisotopic (exact) mass is 198 g/mol. The van der Waals surface area contributed by atoms with Crippen LogP contribution >= 0.6 is 0 Å². The lowest BCUT2D eigenvalue weighted by Crippen LogP contribution is -2.41. The summed E-state index contributed by atoms with van der Waals surface area (Å²) in [6.07, 6.45) is -0.336. The van der Waals surface area contributed by atoms with E-state index < -0.39 is 11.8 Å². The Morgan fingerprint density at radius 1 is 1.14 bits per heavy atom. The summed E-state index contributed by atoms with van der Waals surface area (Å²) in [5.74, 6) is 0.123. The molecule has 0 amide bonds. The summed E-state index contributed by atoms with van der Waals surface area (Å²) in [5, 5.41) is 9.06. The molecule has 1 fully saturated rings. The van der Waals surface area contributed by atoms with Crippen molar-refractivity contribution in [2.75, 3.05) is 0 Å². The van der Waals surface area contributed by atoms with Crippen molar-refractivity contribution in [3.05, 3.63) is 29.8 Å². The molecule has 1 aromatic rings. The van der Waals surface area contributed by atoms with Crippen molar-refractivity contribution in [1.29, 1.82) is 0 Å². The molecule has 1 saturated carbocycles. The van der Waals surface area contributed by atoms with Gasteiger partial charge < -0.3 is 5.11 Å². The van der Waals surface area contributed by atoms with E-state index in [0.29, 0.717) is 18.4 Å². The molecule has 0 heterocycles. The summed E-state index contributed by atoms with van der Waals surface area (Å²) in [6, 6.07) is 6.14. The van der Waals surface area contributed by atoms with Gasteiger partial charge in [0.05, 0.1) is 5.41 Å². The molecule has 3 heteroatoms. The fraction of sp³-hybridized carbons (Fsp3) is 0.455. The number of aromatic hydroxyl groups is 1. The normalized spacial score (nSPS) is 19.4. The van der Waals surface area contributed by atoms with Crippen molar-refractivity contribution >= 4 is 0 Å². The van der Waals surface area contributed by atoms with Crippen molar-refractivity contribution in [2.45, 2.75) is 31.1 Å². The quantitative estimate of drug-likeness (QED) is 0.774. The highest BCUT2D eigenvalue weighted by atomic mass is 19.3. The second-order valence-corrected chi connectivity index (χ2v) is 3.86. The summed E-state index contributed by atoms with van der Waals surface area (Å²) in [6.45, 7) is 0. The van der Waals surface area contributed by atoms with E-state index in [1.807, 2.05) is 0 Å². The van der Waals surface area contributed by atoms with Crippen LogP contribution in [0.4, 0.5) is 8.78 Å². The third kappa shape index (κ3) is 1.27. The molecule has 0 aromatic heterocycles. The molecule has 0 bridgehead atoms. The Labute approximate surface area is 81.4 Å². The van der Waals surface area contributed by atoms with Gasteiger partial charge in [-0.05, 0) is 30.5 Å². The lowest BCUT2D eigenvalue weighted by molar-refractivity contribution is 0.000810. The number of phenolic OH excluding ortho intramolecular Hbond substituents is 1.